The number of carbonyl (C=O) groups excluding carboxylic acids is 1. The summed E-state index contributed by atoms with van der Waals surface area (Å²) >= 11 is 11.8. The second-order valence-electron chi connectivity index (χ2n) is 5.38. The number of anilines is 1. The fourth-order valence-electron chi connectivity index (χ4n) is 2.24. The molecule has 2 aromatic heterocycles. The number of aryl methyl sites for hydroxylation is 1. The maximum Gasteiger partial charge on any atom is 0.226 e. The summed E-state index contributed by atoms with van der Waals surface area (Å²) in [5.41, 5.74) is 1.31. The van der Waals surface area contributed by atoms with E-state index in [0.29, 0.717) is 28.8 Å². The number of halogens is 3. The molecule has 0 unspecified atom stereocenters. The van der Waals surface area contributed by atoms with Gasteiger partial charge < -0.3 is 5.32 Å². The number of benzene rings is 1. The molecule has 3 rings (SSSR count). The number of carbonyl (C=O) groups is 1. The molecular weight excluding hydrogens is 368 g/mol. The maximum absolute atomic E-state index is 13.1. The SMILES string of the molecule is O=C(CCn1cc(Cl)cn1)Nc1cnn(Cc2ccc(F)cc2Cl)c1. The predicted molar refractivity (Wildman–Crippen MR) is 93.2 cm³/mol. The number of nitrogens with one attached hydrogen (secondary N) is 1. The fraction of sp³-hybridized carbons (Fsp3) is 0.188. The van der Waals surface area contributed by atoms with Crippen LogP contribution in [0, 0.1) is 5.82 Å². The van der Waals surface area contributed by atoms with Gasteiger partial charge >= 0.3 is 0 Å². The van der Waals surface area contributed by atoms with E-state index in [1.807, 2.05) is 0 Å². The second-order valence-corrected chi connectivity index (χ2v) is 6.23. The van der Waals surface area contributed by atoms with E-state index in [-0.39, 0.29) is 18.1 Å². The van der Waals surface area contributed by atoms with E-state index in [4.69, 9.17) is 23.2 Å². The molecule has 0 fully saturated rings. The molecule has 0 aliphatic rings. The van der Waals surface area contributed by atoms with E-state index in [1.165, 1.54) is 18.3 Å². The van der Waals surface area contributed by atoms with Crippen LogP contribution >= 0.6 is 23.2 Å². The topological polar surface area (TPSA) is 64.7 Å². The molecule has 0 spiro atoms. The monoisotopic (exact) mass is 381 g/mol. The molecule has 1 aromatic carbocycles. The molecule has 130 valence electrons. The highest BCUT2D eigenvalue weighted by atomic mass is 35.5. The van der Waals surface area contributed by atoms with Crippen molar-refractivity contribution < 1.29 is 9.18 Å². The zero-order chi connectivity index (χ0) is 17.8. The van der Waals surface area contributed by atoms with Crippen LogP contribution in [-0.4, -0.2) is 25.5 Å². The van der Waals surface area contributed by atoms with Crippen molar-refractivity contribution in [2.45, 2.75) is 19.5 Å². The summed E-state index contributed by atoms with van der Waals surface area (Å²) in [6.45, 7) is 0.804. The van der Waals surface area contributed by atoms with Gasteiger partial charge in [0.15, 0.2) is 0 Å². The minimum Gasteiger partial charge on any atom is -0.323 e. The van der Waals surface area contributed by atoms with Gasteiger partial charge in [-0.05, 0) is 17.7 Å². The van der Waals surface area contributed by atoms with Gasteiger partial charge in [-0.25, -0.2) is 4.39 Å². The van der Waals surface area contributed by atoms with Crippen LogP contribution in [0.2, 0.25) is 10.0 Å². The fourth-order valence-corrected chi connectivity index (χ4v) is 2.62. The van der Waals surface area contributed by atoms with Crippen molar-refractivity contribution in [1.82, 2.24) is 19.6 Å². The Kier molecular flexibility index (Phi) is 5.35. The highest BCUT2D eigenvalue weighted by Gasteiger charge is 2.08. The van der Waals surface area contributed by atoms with E-state index >= 15 is 0 Å². The lowest BCUT2D eigenvalue weighted by molar-refractivity contribution is -0.116. The van der Waals surface area contributed by atoms with Gasteiger partial charge in [-0.2, -0.15) is 10.2 Å². The number of hydrogen-bond acceptors (Lipinski definition) is 3. The first-order valence-electron chi connectivity index (χ1n) is 7.44. The van der Waals surface area contributed by atoms with Crippen molar-refractivity contribution in [1.29, 1.82) is 0 Å². The lowest BCUT2D eigenvalue weighted by Gasteiger charge is -2.05. The highest BCUT2D eigenvalue weighted by Crippen LogP contribution is 2.19. The molecule has 0 saturated carbocycles. The minimum absolute atomic E-state index is 0.161. The summed E-state index contributed by atoms with van der Waals surface area (Å²) in [5, 5.41) is 11.8. The first-order valence-corrected chi connectivity index (χ1v) is 8.19. The van der Waals surface area contributed by atoms with E-state index in [1.54, 1.807) is 34.0 Å². The molecule has 0 bridgehead atoms. The van der Waals surface area contributed by atoms with Crippen LogP contribution in [0.25, 0.3) is 0 Å². The predicted octanol–water partition coefficient (Wildman–Crippen LogP) is 3.60. The molecule has 25 heavy (non-hydrogen) atoms. The van der Waals surface area contributed by atoms with E-state index < -0.39 is 0 Å². The molecule has 2 heterocycles. The van der Waals surface area contributed by atoms with Crippen LogP contribution in [0.3, 0.4) is 0 Å². The van der Waals surface area contributed by atoms with Crippen molar-refractivity contribution >= 4 is 34.8 Å². The van der Waals surface area contributed by atoms with Gasteiger partial charge in [-0.3, -0.25) is 14.2 Å². The molecule has 0 atom stereocenters. The molecular formula is C16H14Cl2FN5O. The molecule has 1 amide bonds. The molecule has 9 heteroatoms. The van der Waals surface area contributed by atoms with Crippen LogP contribution in [0.5, 0.6) is 0 Å². The Morgan fingerprint density at radius 1 is 1.16 bits per heavy atom. The van der Waals surface area contributed by atoms with Crippen molar-refractivity contribution in [3.05, 3.63) is 64.4 Å². The van der Waals surface area contributed by atoms with E-state index in [2.05, 4.69) is 15.5 Å². The summed E-state index contributed by atoms with van der Waals surface area (Å²) in [4.78, 5) is 12.0. The van der Waals surface area contributed by atoms with Gasteiger partial charge in [-0.15, -0.1) is 0 Å². The Labute approximate surface area is 153 Å². The summed E-state index contributed by atoms with van der Waals surface area (Å²) in [7, 11) is 0. The quantitative estimate of drug-likeness (QED) is 0.709. The third-order valence-electron chi connectivity index (χ3n) is 3.43. The lowest BCUT2D eigenvalue weighted by atomic mass is 10.2. The molecule has 0 aliphatic heterocycles. The first kappa shape index (κ1) is 17.4. The maximum atomic E-state index is 13.1. The van der Waals surface area contributed by atoms with Gasteiger partial charge in [0.1, 0.15) is 5.82 Å². The van der Waals surface area contributed by atoms with Crippen LogP contribution in [0.1, 0.15) is 12.0 Å². The van der Waals surface area contributed by atoms with Crippen LogP contribution in [-0.2, 0) is 17.9 Å². The Morgan fingerprint density at radius 2 is 1.96 bits per heavy atom. The summed E-state index contributed by atoms with van der Waals surface area (Å²) in [5.74, 6) is -0.549. The average Bonchev–Trinajstić information content (AvgIpc) is 3.17. The van der Waals surface area contributed by atoms with Gasteiger partial charge in [-0.1, -0.05) is 29.3 Å². The molecule has 1 N–H and O–H groups in total. The average molecular weight is 382 g/mol. The minimum atomic E-state index is -0.388. The third-order valence-corrected chi connectivity index (χ3v) is 3.98. The van der Waals surface area contributed by atoms with Crippen LogP contribution < -0.4 is 5.32 Å². The third kappa shape index (κ3) is 4.80. The van der Waals surface area contributed by atoms with Crippen molar-refractivity contribution in [2.24, 2.45) is 0 Å². The summed E-state index contributed by atoms with van der Waals surface area (Å²) < 4.78 is 16.3. The molecule has 3 aromatic rings. The Bertz CT molecular complexity index is 892. The van der Waals surface area contributed by atoms with Gasteiger partial charge in [0, 0.05) is 30.4 Å². The number of aromatic nitrogens is 4. The Morgan fingerprint density at radius 3 is 2.68 bits per heavy atom. The number of rotatable bonds is 6. The standard InChI is InChI=1S/C16H14Cl2FN5O/c17-12-6-20-23(9-12)4-3-16(25)22-14-7-21-24(10-14)8-11-1-2-13(19)5-15(11)18/h1-2,5-7,9-10H,3-4,8H2,(H,22,25). The summed E-state index contributed by atoms with van der Waals surface area (Å²) in [6, 6.07) is 4.20. The molecule has 0 saturated heterocycles. The van der Waals surface area contributed by atoms with E-state index in [0.717, 1.165) is 5.56 Å². The number of amides is 1. The molecule has 6 nitrogen and oxygen atoms in total. The normalized spacial score (nSPS) is 10.8. The number of nitrogens with zero attached hydrogens (tertiary/aromatic N) is 4. The smallest absolute Gasteiger partial charge is 0.226 e. The zero-order valence-corrected chi connectivity index (χ0v) is 14.5. The van der Waals surface area contributed by atoms with Crippen molar-refractivity contribution in [3.8, 4) is 0 Å². The summed E-state index contributed by atoms with van der Waals surface area (Å²) in [6.07, 6.45) is 6.65. The van der Waals surface area contributed by atoms with Gasteiger partial charge in [0.2, 0.25) is 5.91 Å². The highest BCUT2D eigenvalue weighted by molar-refractivity contribution is 6.31. The molecule has 0 aliphatic carbocycles. The van der Waals surface area contributed by atoms with Crippen LogP contribution in [0.4, 0.5) is 10.1 Å². The number of hydrogen-bond donors (Lipinski definition) is 1. The Hall–Kier alpha value is -2.38. The van der Waals surface area contributed by atoms with Crippen molar-refractivity contribution in [3.63, 3.8) is 0 Å². The van der Waals surface area contributed by atoms with Crippen LogP contribution in [0.15, 0.2) is 43.0 Å². The lowest BCUT2D eigenvalue weighted by Crippen LogP contribution is -2.14. The van der Waals surface area contributed by atoms with Gasteiger partial charge in [0.25, 0.3) is 0 Å². The Balaban J connectivity index is 1.55. The van der Waals surface area contributed by atoms with Gasteiger partial charge in [0.05, 0.1) is 29.6 Å². The van der Waals surface area contributed by atoms with E-state index in [9.17, 15) is 9.18 Å². The first-order chi connectivity index (χ1) is 12.0. The largest absolute Gasteiger partial charge is 0.323 e. The second kappa shape index (κ2) is 7.67. The van der Waals surface area contributed by atoms with Crippen molar-refractivity contribution in [2.75, 3.05) is 5.32 Å². The molecule has 0 radical (unpaired) electrons. The zero-order valence-electron chi connectivity index (χ0n) is 13.0.